The van der Waals surface area contributed by atoms with Gasteiger partial charge in [-0.2, -0.15) is 8.42 Å². The Balaban J connectivity index is 0. The van der Waals surface area contributed by atoms with E-state index < -0.39 is 21.3 Å². The first kappa shape index (κ1) is 17.5. The summed E-state index contributed by atoms with van der Waals surface area (Å²) in [7, 11) is -3.74. The van der Waals surface area contributed by atoms with Crippen molar-refractivity contribution in [3.8, 4) is 0 Å². The van der Waals surface area contributed by atoms with E-state index in [1.54, 1.807) is 19.3 Å². The van der Waals surface area contributed by atoms with Crippen LogP contribution in [0.5, 0.6) is 0 Å². The van der Waals surface area contributed by atoms with Crippen molar-refractivity contribution >= 4 is 45.6 Å². The van der Waals surface area contributed by atoms with Crippen LogP contribution in [0.1, 0.15) is 20.8 Å². The fraction of sp³-hybridized carbons (Fsp3) is 0.625. The molecule has 15 heavy (non-hydrogen) atoms. The average molecular weight is 245 g/mol. The molecule has 0 aliphatic carbocycles. The Labute approximate surface area is 113 Å². The number of carbonyl (C=O) groups excluding carboxylic acids is 1. The normalized spacial score (nSPS) is 12.8. The van der Waals surface area contributed by atoms with E-state index in [1.807, 2.05) is 0 Å². The summed E-state index contributed by atoms with van der Waals surface area (Å²) in [5.41, 5.74) is 1.76. The summed E-state index contributed by atoms with van der Waals surface area (Å²) in [6.07, 6.45) is 0.926. The number of carbonyl (C=O) groups is 1. The van der Waals surface area contributed by atoms with Gasteiger partial charge in [0, 0.05) is 0 Å². The number of nitrogens with one attached hydrogen (secondary N) is 1. The summed E-state index contributed by atoms with van der Waals surface area (Å²) in [4.78, 5) is 10.6. The molecule has 1 N–H and O–H groups in total. The molecule has 5 nitrogen and oxygen atoms in total. The molecule has 0 fully saturated rings. The van der Waals surface area contributed by atoms with Crippen molar-refractivity contribution in [1.29, 1.82) is 0 Å². The Bertz CT molecular complexity index is 313. The van der Waals surface area contributed by atoms with Gasteiger partial charge in [0.2, 0.25) is 0 Å². The van der Waals surface area contributed by atoms with Gasteiger partial charge in [-0.05, 0) is 18.9 Å². The van der Waals surface area contributed by atoms with Gasteiger partial charge in [-0.1, -0.05) is 20.4 Å². The topological polar surface area (TPSA) is 72.5 Å². The molecule has 0 heterocycles. The summed E-state index contributed by atoms with van der Waals surface area (Å²) < 4.78 is 26.9. The second-order valence-corrected chi connectivity index (χ2v) is 5.09. The van der Waals surface area contributed by atoms with Crippen molar-refractivity contribution in [1.82, 2.24) is 5.48 Å². The fourth-order valence-corrected chi connectivity index (χ4v) is 1.57. The van der Waals surface area contributed by atoms with E-state index in [0.29, 0.717) is 0 Å². The van der Waals surface area contributed by atoms with Gasteiger partial charge in [-0.25, -0.2) is 5.48 Å². The Morgan fingerprint density at radius 2 is 1.87 bits per heavy atom. The predicted octanol–water partition coefficient (Wildman–Crippen LogP) is -0.0540. The molecule has 0 bridgehead atoms. The standard InChI is InChI=1S/C8H15NO4S.Na.H/c1-5-8(10)9-13-14(11,12)7(4)6(2)3;;/h5-7H,1H2,2-4H3,(H,9,10);;. The van der Waals surface area contributed by atoms with Crippen LogP contribution < -0.4 is 5.48 Å². The first-order valence-electron chi connectivity index (χ1n) is 4.16. The van der Waals surface area contributed by atoms with Crippen LogP contribution in [0.15, 0.2) is 12.7 Å². The van der Waals surface area contributed by atoms with Crippen LogP contribution in [-0.2, 0) is 19.2 Å². The van der Waals surface area contributed by atoms with Crippen molar-refractivity contribution in [2.45, 2.75) is 26.0 Å². The maximum absolute atomic E-state index is 11.3. The SMILES string of the molecule is C=CC(=O)NOS(=O)(=O)C(C)C(C)C.[NaH]. The average Bonchev–Trinajstić information content (AvgIpc) is 2.12. The third kappa shape index (κ3) is 6.32. The molecule has 1 atom stereocenters. The monoisotopic (exact) mass is 245 g/mol. The summed E-state index contributed by atoms with van der Waals surface area (Å²) in [6, 6.07) is 0. The number of hydrogen-bond acceptors (Lipinski definition) is 4. The van der Waals surface area contributed by atoms with E-state index in [0.717, 1.165) is 6.08 Å². The third-order valence-electron chi connectivity index (χ3n) is 1.84. The second kappa shape index (κ2) is 7.40. The Morgan fingerprint density at radius 3 is 2.20 bits per heavy atom. The minimum absolute atomic E-state index is 0. The molecule has 0 aliphatic heterocycles. The van der Waals surface area contributed by atoms with Gasteiger partial charge < -0.3 is 0 Å². The van der Waals surface area contributed by atoms with Gasteiger partial charge in [0.15, 0.2) is 0 Å². The molecule has 0 saturated carbocycles. The molecule has 84 valence electrons. The van der Waals surface area contributed by atoms with Gasteiger partial charge >= 0.3 is 29.6 Å². The van der Waals surface area contributed by atoms with Crippen molar-refractivity contribution in [3.05, 3.63) is 12.7 Å². The second-order valence-electron chi connectivity index (χ2n) is 3.20. The number of amides is 1. The van der Waals surface area contributed by atoms with E-state index in [4.69, 9.17) is 0 Å². The number of rotatable bonds is 5. The zero-order valence-corrected chi connectivity index (χ0v) is 9.30. The Morgan fingerprint density at radius 1 is 1.40 bits per heavy atom. The molecule has 0 radical (unpaired) electrons. The molecule has 1 amide bonds. The van der Waals surface area contributed by atoms with Gasteiger partial charge in [0.05, 0.1) is 5.25 Å². The fourth-order valence-electron chi connectivity index (χ4n) is 0.550. The van der Waals surface area contributed by atoms with E-state index in [2.05, 4.69) is 10.9 Å². The molecular formula is C8H16NNaO4S. The van der Waals surface area contributed by atoms with Crippen LogP contribution in [-0.4, -0.2) is 49.1 Å². The van der Waals surface area contributed by atoms with Crippen molar-refractivity contribution < 1.29 is 17.5 Å². The molecular weight excluding hydrogens is 229 g/mol. The van der Waals surface area contributed by atoms with Crippen LogP contribution >= 0.6 is 0 Å². The molecule has 0 aromatic carbocycles. The zero-order chi connectivity index (χ0) is 11.4. The molecule has 0 aliphatic rings. The quantitative estimate of drug-likeness (QED) is 0.418. The van der Waals surface area contributed by atoms with Crippen LogP contribution in [0.25, 0.3) is 0 Å². The zero-order valence-electron chi connectivity index (χ0n) is 8.48. The molecule has 0 spiro atoms. The van der Waals surface area contributed by atoms with Gasteiger partial charge in [-0.3, -0.25) is 4.79 Å². The van der Waals surface area contributed by atoms with Gasteiger partial charge in [0.25, 0.3) is 16.0 Å². The van der Waals surface area contributed by atoms with Crippen LogP contribution in [0.3, 0.4) is 0 Å². The van der Waals surface area contributed by atoms with Crippen molar-refractivity contribution in [3.63, 3.8) is 0 Å². The van der Waals surface area contributed by atoms with E-state index >= 15 is 0 Å². The molecule has 7 heteroatoms. The molecule has 0 rings (SSSR count). The molecule has 0 aromatic rings. The van der Waals surface area contributed by atoms with E-state index in [-0.39, 0.29) is 35.5 Å². The van der Waals surface area contributed by atoms with Gasteiger partial charge in [0.1, 0.15) is 0 Å². The maximum atomic E-state index is 11.3. The predicted molar refractivity (Wildman–Crippen MR) is 59.8 cm³/mol. The molecule has 0 saturated heterocycles. The van der Waals surface area contributed by atoms with Crippen LogP contribution in [0.4, 0.5) is 0 Å². The van der Waals surface area contributed by atoms with Crippen LogP contribution in [0.2, 0.25) is 0 Å². The summed E-state index contributed by atoms with van der Waals surface area (Å²) in [5.74, 6) is -0.773. The molecule has 1 unspecified atom stereocenters. The number of hydrogen-bond donors (Lipinski definition) is 1. The summed E-state index contributed by atoms with van der Waals surface area (Å²) in [6.45, 7) is 8.17. The molecule has 0 aromatic heterocycles. The Hall–Kier alpha value is 0.120. The van der Waals surface area contributed by atoms with Gasteiger partial charge in [-0.15, -0.1) is 4.28 Å². The van der Waals surface area contributed by atoms with Crippen molar-refractivity contribution in [2.75, 3.05) is 0 Å². The third-order valence-corrected chi connectivity index (χ3v) is 3.61. The van der Waals surface area contributed by atoms with E-state index in [9.17, 15) is 13.2 Å². The van der Waals surface area contributed by atoms with Crippen molar-refractivity contribution in [2.24, 2.45) is 5.92 Å². The first-order chi connectivity index (χ1) is 6.31. The van der Waals surface area contributed by atoms with Crippen LogP contribution in [0, 0.1) is 5.92 Å². The minimum atomic E-state index is -3.74. The summed E-state index contributed by atoms with van der Waals surface area (Å²) >= 11 is 0. The first-order valence-corrected chi connectivity index (χ1v) is 5.63. The Kier molecular flexibility index (Phi) is 8.64. The summed E-state index contributed by atoms with van der Waals surface area (Å²) in [5, 5.41) is -0.674. The van der Waals surface area contributed by atoms with E-state index in [1.165, 1.54) is 6.92 Å². The number of hydroxylamine groups is 1.